The number of aromatic nitrogens is 1. The molecule has 0 radical (unpaired) electrons. The molecule has 0 bridgehead atoms. The molecule has 2 N–H and O–H groups in total. The highest BCUT2D eigenvalue weighted by atomic mass is 16.5. The van der Waals surface area contributed by atoms with Gasteiger partial charge in [0, 0.05) is 11.6 Å². The largest absolute Gasteiger partial charge is 0.364 e. The summed E-state index contributed by atoms with van der Waals surface area (Å²) >= 11 is 0. The van der Waals surface area contributed by atoms with Crippen LogP contribution in [0.2, 0.25) is 0 Å². The van der Waals surface area contributed by atoms with Crippen molar-refractivity contribution in [1.82, 2.24) is 10.5 Å². The third kappa shape index (κ3) is 4.51. The average Bonchev–Trinajstić information content (AvgIpc) is 3.18. The minimum absolute atomic E-state index is 0.0758. The lowest BCUT2D eigenvalue weighted by atomic mass is 9.84. The van der Waals surface area contributed by atoms with Gasteiger partial charge in [0.15, 0.2) is 0 Å². The van der Waals surface area contributed by atoms with Crippen LogP contribution in [0.15, 0.2) is 50.8 Å². The lowest BCUT2D eigenvalue weighted by Crippen LogP contribution is -2.26. The molecule has 0 atom stereocenters. The lowest BCUT2D eigenvalue weighted by Gasteiger charge is -2.17. The minimum atomic E-state index is -0.637. The van der Waals surface area contributed by atoms with E-state index in [1.54, 1.807) is 12.1 Å². The van der Waals surface area contributed by atoms with Crippen LogP contribution in [0.4, 0.5) is 0 Å². The molecule has 2 rings (SSSR count). The number of carbonyl (C=O) groups is 1. The summed E-state index contributed by atoms with van der Waals surface area (Å²) in [4.78, 5) is 17.1. The molecule has 1 aliphatic heterocycles. The molecular formula is C21H28N4O2. The van der Waals surface area contributed by atoms with Gasteiger partial charge in [0.05, 0.1) is 16.8 Å². The van der Waals surface area contributed by atoms with Crippen LogP contribution in [-0.2, 0) is 4.79 Å². The first-order valence-electron chi connectivity index (χ1n) is 9.15. The van der Waals surface area contributed by atoms with Gasteiger partial charge in [-0.3, -0.25) is 10.2 Å². The Bertz CT molecular complexity index is 849. The van der Waals surface area contributed by atoms with Gasteiger partial charge >= 0.3 is 0 Å². The third-order valence-electron chi connectivity index (χ3n) is 4.50. The molecule has 0 saturated carbocycles. The van der Waals surface area contributed by atoms with Gasteiger partial charge in [-0.25, -0.2) is 4.99 Å². The lowest BCUT2D eigenvalue weighted by molar-refractivity contribution is -0.124. The summed E-state index contributed by atoms with van der Waals surface area (Å²) < 4.78 is 4.87. The maximum atomic E-state index is 12.4. The van der Waals surface area contributed by atoms with Crippen LogP contribution in [0, 0.1) is 10.8 Å². The van der Waals surface area contributed by atoms with Gasteiger partial charge in [-0.05, 0) is 52.7 Å². The molecule has 1 aliphatic rings. The molecule has 1 amide bonds. The van der Waals surface area contributed by atoms with E-state index >= 15 is 0 Å². The number of hydrogen-bond donors (Lipinski definition) is 2. The van der Waals surface area contributed by atoms with E-state index in [2.05, 4.69) is 22.4 Å². The summed E-state index contributed by atoms with van der Waals surface area (Å²) in [6.07, 6.45) is 6.89. The quantitative estimate of drug-likeness (QED) is 0.715. The highest BCUT2D eigenvalue weighted by Crippen LogP contribution is 2.35. The number of nitrogens with zero attached hydrogens (tertiary/aromatic N) is 2. The fourth-order valence-corrected chi connectivity index (χ4v) is 3.08. The Hall–Kier alpha value is -2.76. The van der Waals surface area contributed by atoms with E-state index in [4.69, 9.17) is 9.93 Å². The fourth-order valence-electron chi connectivity index (χ4n) is 3.08. The first kappa shape index (κ1) is 20.6. The zero-order valence-corrected chi connectivity index (χ0v) is 16.9. The average molecular weight is 368 g/mol. The Morgan fingerprint density at radius 2 is 2.07 bits per heavy atom. The highest BCUT2D eigenvalue weighted by molar-refractivity contribution is 6.21. The van der Waals surface area contributed by atoms with Crippen LogP contribution >= 0.6 is 0 Å². The number of amides is 1. The number of nitrogens with one attached hydrogen (secondary N) is 2. The van der Waals surface area contributed by atoms with Crippen molar-refractivity contribution >= 4 is 23.0 Å². The molecule has 0 spiro atoms. The van der Waals surface area contributed by atoms with Crippen molar-refractivity contribution in [1.29, 1.82) is 5.41 Å². The topological polar surface area (TPSA) is 91.3 Å². The van der Waals surface area contributed by atoms with Gasteiger partial charge < -0.3 is 9.84 Å². The van der Waals surface area contributed by atoms with Crippen molar-refractivity contribution in [3.8, 4) is 0 Å². The molecule has 0 aromatic carbocycles. The number of carbonyl (C=O) groups excluding carboxylic acids is 1. The van der Waals surface area contributed by atoms with Gasteiger partial charge in [-0.1, -0.05) is 30.2 Å². The van der Waals surface area contributed by atoms with E-state index in [0.717, 1.165) is 29.6 Å². The summed E-state index contributed by atoms with van der Waals surface area (Å²) in [6, 6.07) is 1.75. The van der Waals surface area contributed by atoms with Crippen LogP contribution in [0.5, 0.6) is 0 Å². The van der Waals surface area contributed by atoms with E-state index in [0.29, 0.717) is 17.2 Å². The summed E-state index contributed by atoms with van der Waals surface area (Å²) in [5.74, 6) is 0.456. The SMILES string of the molecule is CCC/C=C(\N=C1NC(=O)C(C)(C)C1=C(C)C)C(=N)/C=C(\C)c1ccon1. The maximum absolute atomic E-state index is 12.4. The van der Waals surface area contributed by atoms with Crippen LogP contribution in [-0.4, -0.2) is 22.6 Å². The molecule has 6 heteroatoms. The summed E-state index contributed by atoms with van der Waals surface area (Å²) in [5.41, 5.74) is 3.59. The van der Waals surface area contributed by atoms with Crippen LogP contribution < -0.4 is 5.32 Å². The summed E-state index contributed by atoms with van der Waals surface area (Å²) in [7, 11) is 0. The first-order chi connectivity index (χ1) is 12.7. The number of rotatable bonds is 6. The molecule has 2 heterocycles. The minimum Gasteiger partial charge on any atom is -0.364 e. The summed E-state index contributed by atoms with van der Waals surface area (Å²) in [5, 5.41) is 15.3. The molecule has 0 aliphatic carbocycles. The molecule has 1 aromatic rings. The Morgan fingerprint density at radius 1 is 1.37 bits per heavy atom. The van der Waals surface area contributed by atoms with Crippen molar-refractivity contribution in [3.05, 3.63) is 47.0 Å². The maximum Gasteiger partial charge on any atom is 0.235 e. The first-order valence-corrected chi connectivity index (χ1v) is 9.15. The van der Waals surface area contributed by atoms with Crippen molar-refractivity contribution < 1.29 is 9.32 Å². The second-order valence-corrected chi connectivity index (χ2v) is 7.42. The van der Waals surface area contributed by atoms with E-state index in [1.807, 2.05) is 40.7 Å². The predicted molar refractivity (Wildman–Crippen MR) is 109 cm³/mol. The molecule has 0 unspecified atom stereocenters. The van der Waals surface area contributed by atoms with E-state index < -0.39 is 5.41 Å². The van der Waals surface area contributed by atoms with Crippen molar-refractivity contribution in [2.24, 2.45) is 10.4 Å². The molecular weight excluding hydrogens is 340 g/mol. The molecule has 1 aromatic heterocycles. The van der Waals surface area contributed by atoms with Crippen LogP contribution in [0.3, 0.4) is 0 Å². The summed E-state index contributed by atoms with van der Waals surface area (Å²) in [6.45, 7) is 11.7. The fraction of sp³-hybridized carbons (Fsp3) is 0.429. The molecule has 6 nitrogen and oxygen atoms in total. The Kier molecular flexibility index (Phi) is 6.31. The highest BCUT2D eigenvalue weighted by Gasteiger charge is 2.42. The number of unbranched alkanes of at least 4 members (excludes halogenated alkanes) is 1. The third-order valence-corrected chi connectivity index (χ3v) is 4.50. The Balaban J connectivity index is 2.44. The van der Waals surface area contributed by atoms with Crippen LogP contribution in [0.25, 0.3) is 5.57 Å². The Labute approximate surface area is 160 Å². The predicted octanol–water partition coefficient (Wildman–Crippen LogP) is 4.67. The molecule has 27 heavy (non-hydrogen) atoms. The second kappa shape index (κ2) is 8.29. The van der Waals surface area contributed by atoms with Gasteiger partial charge in [0.25, 0.3) is 0 Å². The molecule has 1 saturated heterocycles. The van der Waals surface area contributed by atoms with Gasteiger partial charge in [-0.15, -0.1) is 0 Å². The normalized spacial score (nSPS) is 18.8. The van der Waals surface area contributed by atoms with Crippen molar-refractivity contribution in [2.45, 2.75) is 54.4 Å². The molecule has 1 fully saturated rings. The zero-order valence-electron chi connectivity index (χ0n) is 16.9. The van der Waals surface area contributed by atoms with Crippen LogP contribution in [0.1, 0.15) is 60.1 Å². The van der Waals surface area contributed by atoms with Crippen molar-refractivity contribution in [2.75, 3.05) is 0 Å². The smallest absolute Gasteiger partial charge is 0.235 e. The van der Waals surface area contributed by atoms with E-state index in [-0.39, 0.29) is 11.6 Å². The van der Waals surface area contributed by atoms with Crippen molar-refractivity contribution in [3.63, 3.8) is 0 Å². The monoisotopic (exact) mass is 368 g/mol. The number of aliphatic imine (C=N–C) groups is 1. The number of amidine groups is 1. The standard InChI is InChI=1S/C21H28N4O2/c1-7-8-9-17(15(22)12-14(4)16-10-11-27-25-16)23-19-18(13(2)3)21(5,6)20(26)24-19/h9-12,22H,7-8H2,1-6H3,(H,23,24,26)/b14-12+,17-9-,22-15?. The van der Waals surface area contributed by atoms with Gasteiger partial charge in [0.2, 0.25) is 5.91 Å². The second-order valence-electron chi connectivity index (χ2n) is 7.42. The van der Waals surface area contributed by atoms with E-state index in [1.165, 1.54) is 6.26 Å². The van der Waals surface area contributed by atoms with Gasteiger partial charge in [-0.2, -0.15) is 0 Å². The Morgan fingerprint density at radius 3 is 2.63 bits per heavy atom. The van der Waals surface area contributed by atoms with E-state index in [9.17, 15) is 4.79 Å². The zero-order chi connectivity index (χ0) is 20.2. The number of allylic oxidation sites excluding steroid dienone is 4. The van der Waals surface area contributed by atoms with Gasteiger partial charge in [0.1, 0.15) is 17.8 Å². The molecule has 144 valence electrons. The number of hydrogen-bond acceptors (Lipinski definition) is 5.